The Balaban J connectivity index is 0.00000338. The second kappa shape index (κ2) is 12.1. The zero-order valence-electron chi connectivity index (χ0n) is 16.0. The first kappa shape index (κ1) is 22.7. The standard InChI is InChI=1S/C19H30N4O2.HI/c1-4-20-18(24)17-8-6-7-15(11-17)12-22-19(21-5-2)23-10-9-16(13-23)14-25-3;/h6-8,11,16H,4-5,9-10,12-14H2,1-3H3,(H,20,24)(H,21,22);1H. The van der Waals surface area contributed by atoms with Crippen LogP contribution in [0.15, 0.2) is 29.3 Å². The molecule has 0 saturated carbocycles. The van der Waals surface area contributed by atoms with E-state index in [0.29, 0.717) is 24.6 Å². The van der Waals surface area contributed by atoms with Crippen molar-refractivity contribution in [2.24, 2.45) is 10.9 Å². The Hall–Kier alpha value is -1.35. The highest BCUT2D eigenvalue weighted by atomic mass is 127. The predicted molar refractivity (Wildman–Crippen MR) is 116 cm³/mol. The molecule has 0 aliphatic carbocycles. The molecule has 1 saturated heterocycles. The fraction of sp³-hybridized carbons (Fsp3) is 0.579. The number of amides is 1. The molecule has 2 N–H and O–H groups in total. The Labute approximate surface area is 173 Å². The number of halogens is 1. The van der Waals surface area contributed by atoms with Gasteiger partial charge < -0.3 is 20.3 Å². The Morgan fingerprint density at radius 2 is 2.08 bits per heavy atom. The first-order valence-corrected chi connectivity index (χ1v) is 9.07. The molecule has 146 valence electrons. The molecule has 1 aliphatic heterocycles. The molecule has 0 bridgehead atoms. The molecule has 6 nitrogen and oxygen atoms in total. The van der Waals surface area contributed by atoms with Gasteiger partial charge in [0.15, 0.2) is 5.96 Å². The Bertz CT molecular complexity index is 595. The molecule has 1 amide bonds. The van der Waals surface area contributed by atoms with Crippen LogP contribution in [0.25, 0.3) is 0 Å². The molecule has 0 spiro atoms. The summed E-state index contributed by atoms with van der Waals surface area (Å²) >= 11 is 0. The number of carbonyl (C=O) groups is 1. The van der Waals surface area contributed by atoms with Gasteiger partial charge >= 0.3 is 0 Å². The second-order valence-corrected chi connectivity index (χ2v) is 6.29. The van der Waals surface area contributed by atoms with E-state index in [1.807, 2.05) is 31.2 Å². The number of nitrogens with one attached hydrogen (secondary N) is 2. The monoisotopic (exact) mass is 474 g/mol. The van der Waals surface area contributed by atoms with Gasteiger partial charge in [-0.1, -0.05) is 12.1 Å². The van der Waals surface area contributed by atoms with E-state index in [9.17, 15) is 4.79 Å². The molecule has 1 aliphatic rings. The third-order valence-corrected chi connectivity index (χ3v) is 4.26. The van der Waals surface area contributed by atoms with Crippen molar-refractivity contribution in [2.45, 2.75) is 26.8 Å². The summed E-state index contributed by atoms with van der Waals surface area (Å²) in [7, 11) is 1.75. The van der Waals surface area contributed by atoms with Gasteiger partial charge in [-0.2, -0.15) is 0 Å². The van der Waals surface area contributed by atoms with Gasteiger partial charge in [0, 0.05) is 44.8 Å². The summed E-state index contributed by atoms with van der Waals surface area (Å²) in [5.41, 5.74) is 1.72. The normalized spacial score (nSPS) is 17.0. The van der Waals surface area contributed by atoms with Crippen LogP contribution in [-0.4, -0.2) is 56.7 Å². The first-order valence-electron chi connectivity index (χ1n) is 9.07. The van der Waals surface area contributed by atoms with Crippen LogP contribution in [0.2, 0.25) is 0 Å². The number of guanidine groups is 1. The Morgan fingerprint density at radius 3 is 2.77 bits per heavy atom. The molecule has 7 heteroatoms. The summed E-state index contributed by atoms with van der Waals surface area (Å²) < 4.78 is 5.27. The van der Waals surface area contributed by atoms with Gasteiger partial charge in [0.25, 0.3) is 5.91 Å². The highest BCUT2D eigenvalue weighted by molar-refractivity contribution is 14.0. The summed E-state index contributed by atoms with van der Waals surface area (Å²) in [6, 6.07) is 7.66. The summed E-state index contributed by atoms with van der Waals surface area (Å²) in [6.07, 6.45) is 1.13. The lowest BCUT2D eigenvalue weighted by Crippen LogP contribution is -2.40. The number of hydrogen-bond acceptors (Lipinski definition) is 3. The molecule has 1 fully saturated rings. The van der Waals surface area contributed by atoms with Crippen molar-refractivity contribution in [1.29, 1.82) is 0 Å². The fourth-order valence-electron chi connectivity index (χ4n) is 3.06. The number of benzene rings is 1. The maximum Gasteiger partial charge on any atom is 0.251 e. The van der Waals surface area contributed by atoms with Crippen LogP contribution < -0.4 is 10.6 Å². The quantitative estimate of drug-likeness (QED) is 0.362. The zero-order valence-corrected chi connectivity index (χ0v) is 18.3. The van der Waals surface area contributed by atoms with E-state index >= 15 is 0 Å². The minimum atomic E-state index is -0.0396. The van der Waals surface area contributed by atoms with Crippen molar-refractivity contribution in [2.75, 3.05) is 39.9 Å². The molecule has 1 unspecified atom stereocenters. The smallest absolute Gasteiger partial charge is 0.251 e. The molecular formula is C19H31IN4O2. The van der Waals surface area contributed by atoms with Crippen molar-refractivity contribution >= 4 is 35.8 Å². The topological polar surface area (TPSA) is 66.0 Å². The number of ether oxygens (including phenoxy) is 1. The summed E-state index contributed by atoms with van der Waals surface area (Å²) in [5.74, 6) is 1.46. The van der Waals surface area contributed by atoms with E-state index in [-0.39, 0.29) is 29.9 Å². The summed E-state index contributed by atoms with van der Waals surface area (Å²) in [5, 5.41) is 6.20. The number of methoxy groups -OCH3 is 1. The molecule has 26 heavy (non-hydrogen) atoms. The second-order valence-electron chi connectivity index (χ2n) is 6.29. The molecular weight excluding hydrogens is 443 g/mol. The highest BCUT2D eigenvalue weighted by Crippen LogP contribution is 2.17. The Kier molecular flexibility index (Phi) is 10.6. The van der Waals surface area contributed by atoms with E-state index in [2.05, 4.69) is 22.5 Å². The number of rotatable bonds is 7. The van der Waals surface area contributed by atoms with Crippen LogP contribution >= 0.6 is 24.0 Å². The molecule has 1 aromatic carbocycles. The molecule has 1 atom stereocenters. The van der Waals surface area contributed by atoms with Crippen LogP contribution in [0.4, 0.5) is 0 Å². The van der Waals surface area contributed by atoms with E-state index in [1.54, 1.807) is 7.11 Å². The van der Waals surface area contributed by atoms with Crippen LogP contribution in [0.1, 0.15) is 36.2 Å². The predicted octanol–water partition coefficient (Wildman–Crippen LogP) is 2.49. The first-order chi connectivity index (χ1) is 12.2. The van der Waals surface area contributed by atoms with Gasteiger partial charge in [0.1, 0.15) is 0 Å². The van der Waals surface area contributed by atoms with Crippen molar-refractivity contribution < 1.29 is 9.53 Å². The average Bonchev–Trinajstić information content (AvgIpc) is 3.08. The Morgan fingerprint density at radius 1 is 1.31 bits per heavy atom. The van der Waals surface area contributed by atoms with Crippen molar-refractivity contribution in [3.05, 3.63) is 35.4 Å². The van der Waals surface area contributed by atoms with E-state index in [1.165, 1.54) is 0 Å². The third-order valence-electron chi connectivity index (χ3n) is 4.26. The van der Waals surface area contributed by atoms with Gasteiger partial charge in [-0.15, -0.1) is 24.0 Å². The van der Waals surface area contributed by atoms with Crippen molar-refractivity contribution in [1.82, 2.24) is 15.5 Å². The van der Waals surface area contributed by atoms with Gasteiger partial charge in [-0.3, -0.25) is 4.79 Å². The summed E-state index contributed by atoms with van der Waals surface area (Å²) in [6.45, 7) is 8.78. The van der Waals surface area contributed by atoms with E-state index in [4.69, 9.17) is 9.73 Å². The van der Waals surface area contributed by atoms with E-state index < -0.39 is 0 Å². The SMILES string of the molecule is CCNC(=O)c1cccc(CN=C(NCC)N2CCC(COC)C2)c1.I. The number of likely N-dealkylation sites (tertiary alicyclic amines) is 1. The van der Waals surface area contributed by atoms with Crippen LogP contribution in [0.5, 0.6) is 0 Å². The van der Waals surface area contributed by atoms with E-state index in [0.717, 1.165) is 44.2 Å². The number of aliphatic imine (C=N–C) groups is 1. The number of carbonyl (C=O) groups excluding carboxylic acids is 1. The summed E-state index contributed by atoms with van der Waals surface area (Å²) in [4.78, 5) is 19.0. The van der Waals surface area contributed by atoms with Crippen molar-refractivity contribution in [3.8, 4) is 0 Å². The molecule has 2 rings (SSSR count). The minimum Gasteiger partial charge on any atom is -0.384 e. The molecule has 1 aromatic rings. The maximum atomic E-state index is 12.0. The molecule has 1 heterocycles. The lowest BCUT2D eigenvalue weighted by atomic mass is 10.1. The lowest BCUT2D eigenvalue weighted by molar-refractivity contribution is 0.0955. The van der Waals surface area contributed by atoms with Gasteiger partial charge in [0.2, 0.25) is 0 Å². The van der Waals surface area contributed by atoms with Crippen LogP contribution in [-0.2, 0) is 11.3 Å². The molecule has 0 radical (unpaired) electrons. The van der Waals surface area contributed by atoms with Crippen LogP contribution in [0, 0.1) is 5.92 Å². The van der Waals surface area contributed by atoms with Gasteiger partial charge in [-0.25, -0.2) is 4.99 Å². The average molecular weight is 474 g/mol. The largest absolute Gasteiger partial charge is 0.384 e. The van der Waals surface area contributed by atoms with Gasteiger partial charge in [-0.05, 0) is 38.0 Å². The minimum absolute atomic E-state index is 0. The third kappa shape index (κ3) is 6.75. The number of nitrogens with zero attached hydrogens (tertiary/aromatic N) is 2. The van der Waals surface area contributed by atoms with Crippen molar-refractivity contribution in [3.63, 3.8) is 0 Å². The molecule has 0 aromatic heterocycles. The van der Waals surface area contributed by atoms with Crippen LogP contribution in [0.3, 0.4) is 0 Å². The van der Waals surface area contributed by atoms with Gasteiger partial charge in [0.05, 0.1) is 13.2 Å². The zero-order chi connectivity index (χ0) is 18.1. The maximum absolute atomic E-state index is 12.0. The number of hydrogen-bond donors (Lipinski definition) is 2. The lowest BCUT2D eigenvalue weighted by Gasteiger charge is -2.21. The fourth-order valence-corrected chi connectivity index (χ4v) is 3.06. The highest BCUT2D eigenvalue weighted by Gasteiger charge is 2.24.